The zero-order valence-corrected chi connectivity index (χ0v) is 11.4. The Balaban J connectivity index is 2.52. The molecule has 0 fully saturated rings. The summed E-state index contributed by atoms with van der Waals surface area (Å²) in [5.41, 5.74) is 0.576. The van der Waals surface area contributed by atoms with Gasteiger partial charge in [-0.3, -0.25) is 4.79 Å². The van der Waals surface area contributed by atoms with E-state index < -0.39 is 5.82 Å². The highest BCUT2D eigenvalue weighted by atomic mass is 19.1. The molecule has 20 heavy (non-hydrogen) atoms. The Hall–Kier alpha value is -1.90. The van der Waals surface area contributed by atoms with Crippen LogP contribution >= 0.6 is 0 Å². The fraction of sp³-hybridized carbons (Fsp3) is 0.400. The maximum Gasteiger partial charge on any atom is 0.224 e. The van der Waals surface area contributed by atoms with Crippen LogP contribution < -0.4 is 5.32 Å². The number of nitrogens with one attached hydrogen (secondary N) is 1. The number of carbonyl (C=O) groups is 1. The van der Waals surface area contributed by atoms with Gasteiger partial charge < -0.3 is 15.2 Å². The van der Waals surface area contributed by atoms with Gasteiger partial charge in [0.15, 0.2) is 0 Å². The van der Waals surface area contributed by atoms with E-state index in [0.29, 0.717) is 31.7 Å². The molecule has 1 aromatic rings. The summed E-state index contributed by atoms with van der Waals surface area (Å²) in [5.74, 6) is 4.15. The lowest BCUT2D eigenvalue weighted by molar-refractivity contribution is -0.116. The highest BCUT2D eigenvalue weighted by Crippen LogP contribution is 2.14. The number of aliphatic hydroxyl groups excluding tert-OH is 1. The summed E-state index contributed by atoms with van der Waals surface area (Å²) in [4.78, 5) is 11.6. The Labute approximate surface area is 117 Å². The predicted molar refractivity (Wildman–Crippen MR) is 74.7 cm³/mol. The molecule has 108 valence electrons. The Bertz CT molecular complexity index is 506. The molecule has 1 aromatic carbocycles. The van der Waals surface area contributed by atoms with Crippen molar-refractivity contribution in [2.45, 2.75) is 19.8 Å². The smallest absolute Gasteiger partial charge is 0.224 e. The number of hydrogen-bond donors (Lipinski definition) is 2. The summed E-state index contributed by atoms with van der Waals surface area (Å²) >= 11 is 0. The van der Waals surface area contributed by atoms with E-state index in [-0.39, 0.29) is 18.1 Å². The monoisotopic (exact) mass is 279 g/mol. The maximum absolute atomic E-state index is 13.6. The zero-order valence-electron chi connectivity index (χ0n) is 11.4. The minimum atomic E-state index is -0.530. The van der Waals surface area contributed by atoms with Gasteiger partial charge in [0.25, 0.3) is 0 Å². The fourth-order valence-electron chi connectivity index (χ4n) is 1.53. The molecule has 0 spiro atoms. The number of rotatable bonds is 6. The molecule has 0 bridgehead atoms. The number of amides is 1. The maximum atomic E-state index is 13.6. The molecule has 1 amide bonds. The Morgan fingerprint density at radius 1 is 1.50 bits per heavy atom. The van der Waals surface area contributed by atoms with Crippen molar-refractivity contribution in [3.05, 3.63) is 29.6 Å². The number of benzene rings is 1. The van der Waals surface area contributed by atoms with Gasteiger partial charge in [0.05, 0.1) is 5.56 Å². The molecule has 0 aliphatic heterocycles. The zero-order chi connectivity index (χ0) is 14.8. The second kappa shape index (κ2) is 9.08. The minimum absolute atomic E-state index is 0.182. The Morgan fingerprint density at radius 2 is 2.30 bits per heavy atom. The van der Waals surface area contributed by atoms with Crippen molar-refractivity contribution >= 4 is 11.6 Å². The molecule has 0 saturated heterocycles. The van der Waals surface area contributed by atoms with Gasteiger partial charge in [-0.2, -0.15) is 0 Å². The van der Waals surface area contributed by atoms with Crippen molar-refractivity contribution in [3.8, 4) is 11.8 Å². The Morgan fingerprint density at radius 3 is 2.95 bits per heavy atom. The summed E-state index contributed by atoms with van der Waals surface area (Å²) in [6.07, 6.45) is 0.954. The largest absolute Gasteiger partial charge is 0.384 e. The van der Waals surface area contributed by atoms with E-state index in [0.717, 1.165) is 0 Å². The highest BCUT2D eigenvalue weighted by molar-refractivity contribution is 5.90. The number of halogens is 1. The third-order valence-electron chi connectivity index (χ3n) is 2.45. The number of anilines is 1. The van der Waals surface area contributed by atoms with Crippen molar-refractivity contribution in [3.63, 3.8) is 0 Å². The van der Waals surface area contributed by atoms with Crippen LogP contribution in [0.5, 0.6) is 0 Å². The van der Waals surface area contributed by atoms with Crippen molar-refractivity contribution in [2.24, 2.45) is 0 Å². The molecule has 0 heterocycles. The van der Waals surface area contributed by atoms with Crippen LogP contribution in [-0.4, -0.2) is 30.8 Å². The molecular weight excluding hydrogens is 261 g/mol. The van der Waals surface area contributed by atoms with Gasteiger partial charge in [-0.1, -0.05) is 11.8 Å². The lowest BCUT2D eigenvalue weighted by Crippen LogP contribution is -2.12. The average Bonchev–Trinajstić information content (AvgIpc) is 2.43. The minimum Gasteiger partial charge on any atom is -0.384 e. The molecule has 1 rings (SSSR count). The van der Waals surface area contributed by atoms with E-state index in [1.165, 1.54) is 12.1 Å². The molecule has 0 aliphatic rings. The van der Waals surface area contributed by atoms with Crippen LogP contribution in [0.1, 0.15) is 25.3 Å². The van der Waals surface area contributed by atoms with Crippen molar-refractivity contribution in [1.29, 1.82) is 0 Å². The van der Waals surface area contributed by atoms with E-state index >= 15 is 0 Å². The van der Waals surface area contributed by atoms with Gasteiger partial charge in [0.1, 0.15) is 12.4 Å². The number of carbonyl (C=O) groups excluding carboxylic acids is 1. The molecule has 5 heteroatoms. The highest BCUT2D eigenvalue weighted by Gasteiger charge is 2.05. The summed E-state index contributed by atoms with van der Waals surface area (Å²) < 4.78 is 18.8. The van der Waals surface area contributed by atoms with Crippen LogP contribution in [0.3, 0.4) is 0 Å². The standard InChI is InChI=1S/C15H18FNO3/c1-2-20-10-4-6-15(19)17-13-8-7-12(5-3-9-18)14(16)11-13/h7-8,11,18H,2,4,6,9-10H2,1H3,(H,17,19). The lowest BCUT2D eigenvalue weighted by atomic mass is 10.2. The molecule has 2 N–H and O–H groups in total. The normalized spacial score (nSPS) is 9.75. The molecule has 0 unspecified atom stereocenters. The van der Waals surface area contributed by atoms with E-state index in [2.05, 4.69) is 17.2 Å². The van der Waals surface area contributed by atoms with Crippen molar-refractivity contribution in [2.75, 3.05) is 25.1 Å². The molecule has 0 atom stereocenters. The van der Waals surface area contributed by atoms with Gasteiger partial charge in [0.2, 0.25) is 5.91 Å². The van der Waals surface area contributed by atoms with Gasteiger partial charge >= 0.3 is 0 Å². The number of hydrogen-bond acceptors (Lipinski definition) is 3. The number of ether oxygens (including phenoxy) is 1. The second-order valence-corrected chi connectivity index (χ2v) is 4.00. The first kappa shape index (κ1) is 16.2. The predicted octanol–water partition coefficient (Wildman–Crippen LogP) is 1.92. The van der Waals surface area contributed by atoms with Crippen LogP contribution in [0.4, 0.5) is 10.1 Å². The van der Waals surface area contributed by atoms with Crippen LogP contribution in [0.25, 0.3) is 0 Å². The quantitative estimate of drug-likeness (QED) is 0.618. The van der Waals surface area contributed by atoms with Crippen LogP contribution in [0.15, 0.2) is 18.2 Å². The summed E-state index contributed by atoms with van der Waals surface area (Å²) in [5, 5.41) is 11.2. The topological polar surface area (TPSA) is 58.6 Å². The third-order valence-corrected chi connectivity index (χ3v) is 2.45. The average molecular weight is 279 g/mol. The second-order valence-electron chi connectivity index (χ2n) is 4.00. The SMILES string of the molecule is CCOCCCC(=O)Nc1ccc(C#CCO)c(F)c1. The van der Waals surface area contributed by atoms with Crippen molar-refractivity contribution < 1.29 is 19.0 Å². The van der Waals surface area contributed by atoms with E-state index in [4.69, 9.17) is 9.84 Å². The molecule has 0 aliphatic carbocycles. The van der Waals surface area contributed by atoms with E-state index in [1.807, 2.05) is 6.92 Å². The van der Waals surface area contributed by atoms with Crippen LogP contribution in [-0.2, 0) is 9.53 Å². The molecule has 0 radical (unpaired) electrons. The first-order chi connectivity index (χ1) is 9.67. The molecular formula is C15H18FNO3. The molecule has 0 saturated carbocycles. The lowest BCUT2D eigenvalue weighted by Gasteiger charge is -2.06. The van der Waals surface area contributed by atoms with E-state index in [1.54, 1.807) is 6.07 Å². The summed E-state index contributed by atoms with van der Waals surface area (Å²) in [6, 6.07) is 4.25. The van der Waals surface area contributed by atoms with Gasteiger partial charge in [-0.25, -0.2) is 4.39 Å². The molecule has 0 aromatic heterocycles. The van der Waals surface area contributed by atoms with Crippen molar-refractivity contribution in [1.82, 2.24) is 0 Å². The third kappa shape index (κ3) is 5.83. The fourth-order valence-corrected chi connectivity index (χ4v) is 1.53. The Kier molecular flexibility index (Phi) is 7.33. The summed E-state index contributed by atoms with van der Waals surface area (Å²) in [6.45, 7) is 2.74. The summed E-state index contributed by atoms with van der Waals surface area (Å²) in [7, 11) is 0. The van der Waals surface area contributed by atoms with E-state index in [9.17, 15) is 9.18 Å². The van der Waals surface area contributed by atoms with Crippen LogP contribution in [0.2, 0.25) is 0 Å². The molecule has 4 nitrogen and oxygen atoms in total. The van der Waals surface area contributed by atoms with Gasteiger partial charge in [-0.05, 0) is 31.5 Å². The van der Waals surface area contributed by atoms with Gasteiger partial charge in [0, 0.05) is 25.3 Å². The number of aliphatic hydroxyl groups is 1. The van der Waals surface area contributed by atoms with Gasteiger partial charge in [-0.15, -0.1) is 0 Å². The first-order valence-corrected chi connectivity index (χ1v) is 6.44. The first-order valence-electron chi connectivity index (χ1n) is 6.44. The van der Waals surface area contributed by atoms with Crippen LogP contribution in [0, 0.1) is 17.7 Å².